The highest BCUT2D eigenvalue weighted by Crippen LogP contribution is 2.34. The first-order valence-corrected chi connectivity index (χ1v) is 10.2. The fourth-order valence-electron chi connectivity index (χ4n) is 2.78. The largest absolute Gasteiger partial charge is 0.503 e. The maximum atomic E-state index is 12.1. The van der Waals surface area contributed by atoms with Crippen molar-refractivity contribution in [2.45, 2.75) is 52.0 Å². The number of carbonyl (C=O) groups is 2. The minimum atomic E-state index is -2.85. The van der Waals surface area contributed by atoms with Crippen LogP contribution in [0.5, 0.6) is 0 Å². The first kappa shape index (κ1) is 23.0. The first-order chi connectivity index (χ1) is 11.5. The van der Waals surface area contributed by atoms with Crippen LogP contribution in [-0.2, 0) is 32.3 Å². The average Bonchev–Trinajstić information content (AvgIpc) is 2.57. The van der Waals surface area contributed by atoms with Gasteiger partial charge >= 0.3 is 20.7 Å². The quantitative estimate of drug-likeness (QED) is 0.282. The van der Waals surface area contributed by atoms with Gasteiger partial charge in [0.15, 0.2) is 5.92 Å². The molecule has 0 radical (unpaired) electrons. The van der Waals surface area contributed by atoms with Gasteiger partial charge < -0.3 is 22.8 Å². The molecule has 0 aliphatic heterocycles. The second-order valence-electron chi connectivity index (χ2n) is 5.34. The van der Waals surface area contributed by atoms with Gasteiger partial charge in [-0.15, -0.1) is 0 Å². The Kier molecular flexibility index (Phi) is 11.9. The van der Waals surface area contributed by atoms with Gasteiger partial charge in [-0.2, -0.15) is 0 Å². The van der Waals surface area contributed by atoms with Crippen molar-refractivity contribution in [3.63, 3.8) is 0 Å². The standard InChI is InChI=1S/C16H32O7Si/c1-7-10-13(24(19-4,20-5)21-6)11-12-14(15(17)22-8-2)16(18)23-9-3/h13-14H,7-12H2,1-6H3. The topological polar surface area (TPSA) is 80.3 Å². The van der Waals surface area contributed by atoms with Crippen molar-refractivity contribution in [1.82, 2.24) is 0 Å². The van der Waals surface area contributed by atoms with Crippen LogP contribution in [0.4, 0.5) is 0 Å². The third-order valence-electron chi connectivity index (χ3n) is 3.94. The summed E-state index contributed by atoms with van der Waals surface area (Å²) < 4.78 is 26.7. The van der Waals surface area contributed by atoms with Crippen LogP contribution in [0.3, 0.4) is 0 Å². The average molecular weight is 365 g/mol. The monoisotopic (exact) mass is 364 g/mol. The van der Waals surface area contributed by atoms with Gasteiger partial charge in [0.25, 0.3) is 0 Å². The Morgan fingerprint density at radius 3 is 1.58 bits per heavy atom. The van der Waals surface area contributed by atoms with E-state index in [2.05, 4.69) is 6.92 Å². The zero-order chi connectivity index (χ0) is 18.6. The summed E-state index contributed by atoms with van der Waals surface area (Å²) in [7, 11) is 1.85. The van der Waals surface area contributed by atoms with E-state index >= 15 is 0 Å². The van der Waals surface area contributed by atoms with Crippen molar-refractivity contribution >= 4 is 20.7 Å². The van der Waals surface area contributed by atoms with Crippen LogP contribution in [0.25, 0.3) is 0 Å². The van der Waals surface area contributed by atoms with Crippen LogP contribution < -0.4 is 0 Å². The van der Waals surface area contributed by atoms with E-state index in [0.29, 0.717) is 12.8 Å². The van der Waals surface area contributed by atoms with Gasteiger partial charge in [-0.25, -0.2) is 0 Å². The molecule has 0 aliphatic carbocycles. The van der Waals surface area contributed by atoms with Crippen LogP contribution in [0.2, 0.25) is 5.54 Å². The smallest absolute Gasteiger partial charge is 0.465 e. The second kappa shape index (κ2) is 12.4. The molecule has 142 valence electrons. The lowest BCUT2D eigenvalue weighted by Crippen LogP contribution is -2.48. The summed E-state index contributed by atoms with van der Waals surface area (Å²) in [6.07, 6.45) is 2.60. The zero-order valence-electron chi connectivity index (χ0n) is 15.8. The molecule has 0 aliphatic rings. The van der Waals surface area contributed by atoms with Gasteiger partial charge in [-0.1, -0.05) is 13.3 Å². The number of carbonyl (C=O) groups excluding carboxylic acids is 2. The van der Waals surface area contributed by atoms with E-state index in [1.807, 2.05) is 0 Å². The van der Waals surface area contributed by atoms with Gasteiger partial charge in [0.2, 0.25) is 0 Å². The number of hydrogen-bond donors (Lipinski definition) is 0. The Labute approximate surface area is 146 Å². The molecule has 0 fully saturated rings. The fraction of sp³-hybridized carbons (Fsp3) is 0.875. The van der Waals surface area contributed by atoms with Crippen LogP contribution in [0.1, 0.15) is 46.5 Å². The third kappa shape index (κ3) is 6.50. The summed E-state index contributed by atoms with van der Waals surface area (Å²) in [6.45, 7) is 5.92. The highest BCUT2D eigenvalue weighted by Gasteiger charge is 2.47. The highest BCUT2D eigenvalue weighted by atomic mass is 28.4. The molecule has 0 amide bonds. The number of ether oxygens (including phenoxy) is 2. The van der Waals surface area contributed by atoms with Crippen molar-refractivity contribution in [3.8, 4) is 0 Å². The minimum absolute atomic E-state index is 0.00569. The van der Waals surface area contributed by atoms with Crippen molar-refractivity contribution in [1.29, 1.82) is 0 Å². The number of rotatable bonds is 13. The minimum Gasteiger partial charge on any atom is -0.465 e. The molecule has 1 atom stereocenters. The Hall–Kier alpha value is -0.963. The Morgan fingerprint density at radius 2 is 1.25 bits per heavy atom. The zero-order valence-corrected chi connectivity index (χ0v) is 16.8. The van der Waals surface area contributed by atoms with Gasteiger partial charge in [-0.3, -0.25) is 9.59 Å². The lowest BCUT2D eigenvalue weighted by atomic mass is 10.0. The molecule has 0 heterocycles. The van der Waals surface area contributed by atoms with Crippen molar-refractivity contribution in [3.05, 3.63) is 0 Å². The molecule has 0 saturated heterocycles. The molecule has 0 bridgehead atoms. The van der Waals surface area contributed by atoms with Crippen LogP contribution in [0, 0.1) is 5.92 Å². The van der Waals surface area contributed by atoms with Gasteiger partial charge in [-0.05, 0) is 33.1 Å². The van der Waals surface area contributed by atoms with Crippen LogP contribution in [-0.4, -0.2) is 55.3 Å². The molecule has 0 saturated carbocycles. The third-order valence-corrected chi connectivity index (χ3v) is 7.22. The van der Waals surface area contributed by atoms with E-state index in [1.54, 1.807) is 35.2 Å². The Bertz CT molecular complexity index is 345. The predicted octanol–water partition coefficient (Wildman–Crippen LogP) is 2.56. The van der Waals surface area contributed by atoms with Gasteiger partial charge in [0.1, 0.15) is 0 Å². The summed E-state index contributed by atoms with van der Waals surface area (Å²) >= 11 is 0. The van der Waals surface area contributed by atoms with E-state index in [1.165, 1.54) is 0 Å². The molecule has 24 heavy (non-hydrogen) atoms. The van der Waals surface area contributed by atoms with Crippen molar-refractivity contribution in [2.24, 2.45) is 5.92 Å². The molecular weight excluding hydrogens is 332 g/mol. The summed E-state index contributed by atoms with van der Waals surface area (Å²) in [5.74, 6) is -2.03. The molecule has 1 unspecified atom stereocenters. The molecule has 8 heteroatoms. The number of hydrogen-bond acceptors (Lipinski definition) is 7. The van der Waals surface area contributed by atoms with E-state index in [-0.39, 0.29) is 18.8 Å². The molecule has 0 aromatic carbocycles. The lowest BCUT2D eigenvalue weighted by molar-refractivity contribution is -0.162. The normalized spacial score (nSPS) is 13.0. The maximum Gasteiger partial charge on any atom is 0.503 e. The Morgan fingerprint density at radius 1 is 0.792 bits per heavy atom. The second-order valence-corrected chi connectivity index (χ2v) is 8.58. The van der Waals surface area contributed by atoms with Gasteiger partial charge in [0, 0.05) is 26.9 Å². The summed E-state index contributed by atoms with van der Waals surface area (Å²) in [5, 5.41) is 0. The fourth-order valence-corrected chi connectivity index (χ4v) is 5.44. The molecule has 0 rings (SSSR count). The molecular formula is C16H32O7Si. The van der Waals surface area contributed by atoms with Crippen molar-refractivity contribution in [2.75, 3.05) is 34.5 Å². The first-order valence-electron chi connectivity index (χ1n) is 8.44. The molecule has 0 aromatic heterocycles. The van der Waals surface area contributed by atoms with Crippen LogP contribution >= 0.6 is 0 Å². The van der Waals surface area contributed by atoms with E-state index in [9.17, 15) is 9.59 Å². The van der Waals surface area contributed by atoms with Gasteiger partial charge in [0.05, 0.1) is 13.2 Å². The lowest BCUT2D eigenvalue weighted by Gasteiger charge is -2.32. The predicted molar refractivity (Wildman–Crippen MR) is 91.4 cm³/mol. The molecule has 7 nitrogen and oxygen atoms in total. The molecule has 0 N–H and O–H groups in total. The Balaban J connectivity index is 5.16. The summed E-state index contributed by atoms with van der Waals surface area (Å²) in [4.78, 5) is 24.2. The van der Waals surface area contributed by atoms with Crippen LogP contribution in [0.15, 0.2) is 0 Å². The summed E-state index contributed by atoms with van der Waals surface area (Å²) in [5.41, 5.74) is -0.00569. The summed E-state index contributed by atoms with van der Waals surface area (Å²) in [6, 6.07) is 0. The molecule has 0 spiro atoms. The number of esters is 2. The maximum absolute atomic E-state index is 12.1. The molecule has 0 aromatic rings. The SMILES string of the molecule is CCCC(CCC(C(=O)OCC)C(=O)OCC)[Si](OC)(OC)OC. The van der Waals surface area contributed by atoms with Crippen molar-refractivity contribution < 1.29 is 32.3 Å². The van der Waals surface area contributed by atoms with E-state index in [4.69, 9.17) is 22.8 Å². The van der Waals surface area contributed by atoms with E-state index in [0.717, 1.165) is 12.8 Å². The highest BCUT2D eigenvalue weighted by molar-refractivity contribution is 6.62. The van der Waals surface area contributed by atoms with E-state index < -0.39 is 26.7 Å².